The van der Waals surface area contributed by atoms with Crippen LogP contribution in [0.4, 0.5) is 11.4 Å². The van der Waals surface area contributed by atoms with Crippen molar-refractivity contribution in [2.75, 3.05) is 22.1 Å². The van der Waals surface area contributed by atoms with Gasteiger partial charge in [-0.2, -0.15) is 0 Å². The Morgan fingerprint density at radius 3 is 2.54 bits per heavy atom. The normalized spacial score (nSPS) is 22.4. The van der Waals surface area contributed by atoms with Crippen molar-refractivity contribution in [2.24, 2.45) is 4.99 Å². The maximum Gasteiger partial charge on any atom is 0.255 e. The van der Waals surface area contributed by atoms with E-state index in [4.69, 9.17) is 0 Å². The molecule has 2 N–H and O–H groups in total. The second kappa shape index (κ2) is 7.25. The summed E-state index contributed by atoms with van der Waals surface area (Å²) in [5.74, 6) is 0.112. The Hall–Kier alpha value is -2.32. The van der Waals surface area contributed by atoms with Crippen LogP contribution in [0.5, 0.6) is 0 Å². The maximum atomic E-state index is 12.6. The smallest absolute Gasteiger partial charge is 0.255 e. The first kappa shape index (κ1) is 19.0. The first-order chi connectivity index (χ1) is 13.3. The molecule has 0 radical (unpaired) electrons. The molecule has 0 bridgehead atoms. The third-order valence-electron chi connectivity index (χ3n) is 4.67. The van der Waals surface area contributed by atoms with Gasteiger partial charge in [-0.15, -0.1) is 0 Å². The van der Waals surface area contributed by atoms with Crippen molar-refractivity contribution in [1.29, 1.82) is 0 Å². The summed E-state index contributed by atoms with van der Waals surface area (Å²) >= 11 is 1.46. The molecule has 4 rings (SSSR count). The molecule has 2 heterocycles. The van der Waals surface area contributed by atoms with Gasteiger partial charge in [0.2, 0.25) is 0 Å². The molecule has 2 aliphatic heterocycles. The number of nitrogens with one attached hydrogen (secondary N) is 2. The number of hydrogen-bond donors (Lipinski definition) is 2. The molecule has 2 aliphatic rings. The van der Waals surface area contributed by atoms with Crippen LogP contribution in [0.2, 0.25) is 0 Å². The van der Waals surface area contributed by atoms with Crippen LogP contribution >= 0.6 is 11.8 Å². The van der Waals surface area contributed by atoms with E-state index in [1.54, 1.807) is 12.1 Å². The van der Waals surface area contributed by atoms with E-state index in [-0.39, 0.29) is 28.7 Å². The summed E-state index contributed by atoms with van der Waals surface area (Å²) in [6.07, 6.45) is 0. The first-order valence-electron chi connectivity index (χ1n) is 8.99. The largest absolute Gasteiger partial charge is 0.335 e. The molecule has 0 aromatic heterocycles. The third kappa shape index (κ3) is 4.23. The lowest BCUT2D eigenvalue weighted by Crippen LogP contribution is -2.14. The Kier molecular flexibility index (Phi) is 4.93. The molecule has 0 spiro atoms. The fraction of sp³-hybridized carbons (Fsp3) is 0.300. The lowest BCUT2D eigenvalue weighted by molar-refractivity contribution is 0.102. The van der Waals surface area contributed by atoms with Gasteiger partial charge < -0.3 is 10.6 Å². The van der Waals surface area contributed by atoms with Crippen molar-refractivity contribution in [3.05, 3.63) is 59.2 Å². The minimum atomic E-state index is -2.96. The lowest BCUT2D eigenvalue weighted by atomic mass is 10.1. The summed E-state index contributed by atoms with van der Waals surface area (Å²) in [5.41, 5.74) is 4.24. The Bertz CT molecular complexity index is 1060. The molecule has 1 amide bonds. The molecule has 0 unspecified atom stereocenters. The van der Waals surface area contributed by atoms with Gasteiger partial charge in [0.1, 0.15) is 0 Å². The number of rotatable bonds is 3. The highest BCUT2D eigenvalue weighted by atomic mass is 32.2. The number of amides is 1. The summed E-state index contributed by atoms with van der Waals surface area (Å²) in [4.78, 5) is 17.1. The molecule has 1 fully saturated rings. The molecule has 2 aromatic carbocycles. The van der Waals surface area contributed by atoms with Crippen molar-refractivity contribution in [1.82, 2.24) is 0 Å². The van der Waals surface area contributed by atoms with E-state index in [0.29, 0.717) is 10.7 Å². The van der Waals surface area contributed by atoms with E-state index in [9.17, 15) is 13.2 Å². The highest BCUT2D eigenvalue weighted by Gasteiger charge is 2.42. The van der Waals surface area contributed by atoms with Gasteiger partial charge in [-0.1, -0.05) is 23.9 Å². The van der Waals surface area contributed by atoms with Crippen molar-refractivity contribution < 1.29 is 13.2 Å². The second-order valence-electron chi connectivity index (χ2n) is 7.27. The number of anilines is 2. The summed E-state index contributed by atoms with van der Waals surface area (Å²) in [6.45, 7) is 3.99. The van der Waals surface area contributed by atoms with Crippen LogP contribution in [0, 0.1) is 13.8 Å². The minimum absolute atomic E-state index is 0.0106. The van der Waals surface area contributed by atoms with Crippen LogP contribution in [-0.4, -0.2) is 42.3 Å². The summed E-state index contributed by atoms with van der Waals surface area (Å²) in [5, 5.41) is 6.84. The predicted octanol–water partition coefficient (Wildman–Crippen LogP) is 3.24. The van der Waals surface area contributed by atoms with E-state index >= 15 is 0 Å². The number of fused-ring (bicyclic) bond motifs is 1. The highest BCUT2D eigenvalue weighted by Crippen LogP contribution is 2.34. The molecule has 2 atom stereocenters. The average Bonchev–Trinajstić information content (AvgIpc) is 3.06. The van der Waals surface area contributed by atoms with Crippen molar-refractivity contribution in [3.8, 4) is 0 Å². The topological polar surface area (TPSA) is 87.6 Å². The number of nitrogens with zero attached hydrogens (tertiary/aromatic N) is 1. The number of aryl methyl sites for hydroxylation is 2. The van der Waals surface area contributed by atoms with Crippen LogP contribution in [0.15, 0.2) is 47.5 Å². The molecular formula is C20H21N3O3S2. The van der Waals surface area contributed by atoms with Gasteiger partial charge in [0.05, 0.1) is 17.5 Å². The second-order valence-corrected chi connectivity index (χ2v) is 10.7. The van der Waals surface area contributed by atoms with Crippen LogP contribution < -0.4 is 10.6 Å². The summed E-state index contributed by atoms with van der Waals surface area (Å²) in [7, 11) is -2.96. The van der Waals surface area contributed by atoms with Gasteiger partial charge in [-0.3, -0.25) is 9.79 Å². The third-order valence-corrected chi connectivity index (χ3v) is 7.82. The molecule has 146 valence electrons. The molecule has 8 heteroatoms. The Morgan fingerprint density at radius 2 is 1.82 bits per heavy atom. The van der Waals surface area contributed by atoms with Crippen LogP contribution in [0.3, 0.4) is 0 Å². The predicted molar refractivity (Wildman–Crippen MR) is 115 cm³/mol. The number of aliphatic imine (C=N–C) groups is 1. The molecular weight excluding hydrogens is 394 g/mol. The fourth-order valence-electron chi connectivity index (χ4n) is 3.53. The zero-order valence-corrected chi connectivity index (χ0v) is 17.2. The van der Waals surface area contributed by atoms with E-state index < -0.39 is 9.84 Å². The molecule has 0 aliphatic carbocycles. The quantitative estimate of drug-likeness (QED) is 0.804. The average molecular weight is 416 g/mol. The molecule has 2 aromatic rings. The number of carbonyl (C=O) groups excluding carboxylic acids is 1. The molecule has 6 nitrogen and oxygen atoms in total. The standard InChI is InChI=1S/C20H21N3O3S2/c1-12-6-13(2)8-16(7-12)21-19(24)14-4-3-5-15(9-14)22-20-23-17-10-28(25,26)11-18(17)27-20/h3-9,17-18H,10-11H2,1-2H3,(H,21,24)(H,22,23)/t17-,18+/m0/s1. The zero-order chi connectivity index (χ0) is 19.9. The number of sulfone groups is 1. The van der Waals surface area contributed by atoms with Crippen molar-refractivity contribution >= 4 is 44.0 Å². The lowest BCUT2D eigenvalue weighted by Gasteiger charge is -2.10. The van der Waals surface area contributed by atoms with Gasteiger partial charge in [0, 0.05) is 22.2 Å². The molecule has 28 heavy (non-hydrogen) atoms. The van der Waals surface area contributed by atoms with E-state index in [0.717, 1.165) is 22.5 Å². The molecule has 0 saturated carbocycles. The van der Waals surface area contributed by atoms with Gasteiger partial charge in [0.25, 0.3) is 5.91 Å². The number of hydrogen-bond acceptors (Lipinski definition) is 6. The fourth-order valence-corrected chi connectivity index (χ4v) is 7.20. The number of benzene rings is 2. The van der Waals surface area contributed by atoms with Crippen LogP contribution in [-0.2, 0) is 9.84 Å². The van der Waals surface area contributed by atoms with Gasteiger partial charge in [-0.25, -0.2) is 8.42 Å². The zero-order valence-electron chi connectivity index (χ0n) is 15.6. The van der Waals surface area contributed by atoms with Gasteiger partial charge >= 0.3 is 0 Å². The Morgan fingerprint density at radius 1 is 1.07 bits per heavy atom. The van der Waals surface area contributed by atoms with Crippen LogP contribution in [0.1, 0.15) is 21.5 Å². The Balaban J connectivity index is 1.45. The monoisotopic (exact) mass is 415 g/mol. The number of amidine groups is 1. The highest BCUT2D eigenvalue weighted by molar-refractivity contribution is 8.15. The van der Waals surface area contributed by atoms with Gasteiger partial charge in [0.15, 0.2) is 15.0 Å². The van der Waals surface area contributed by atoms with Crippen molar-refractivity contribution in [3.63, 3.8) is 0 Å². The van der Waals surface area contributed by atoms with Crippen LogP contribution in [0.25, 0.3) is 0 Å². The summed E-state index contributed by atoms with van der Waals surface area (Å²) in [6, 6.07) is 13.0. The summed E-state index contributed by atoms with van der Waals surface area (Å²) < 4.78 is 23.3. The number of carbonyl (C=O) groups is 1. The number of thioether (sulfide) groups is 1. The molecule has 1 saturated heterocycles. The van der Waals surface area contributed by atoms with Gasteiger partial charge in [-0.05, 0) is 55.3 Å². The van der Waals surface area contributed by atoms with Crippen molar-refractivity contribution in [2.45, 2.75) is 25.1 Å². The van der Waals surface area contributed by atoms with E-state index in [1.165, 1.54) is 11.8 Å². The maximum absolute atomic E-state index is 12.6. The SMILES string of the molecule is Cc1cc(C)cc(NC(=O)c2cccc(NC3=N[C@H]4CS(=O)(=O)C[C@H]4S3)c2)c1. The van der Waals surface area contributed by atoms with E-state index in [2.05, 4.69) is 21.7 Å². The minimum Gasteiger partial charge on any atom is -0.335 e. The van der Waals surface area contributed by atoms with E-state index in [1.807, 2.05) is 38.1 Å². The first-order valence-corrected chi connectivity index (χ1v) is 11.7. The Labute approximate surface area is 168 Å².